The highest BCUT2D eigenvalue weighted by Crippen LogP contribution is 1.97. The molecule has 0 aromatic carbocycles. The summed E-state index contributed by atoms with van der Waals surface area (Å²) in [6, 6.07) is 0. The molecule has 10 heteroatoms. The smallest absolute Gasteiger partial charge is 0.305 e. The lowest BCUT2D eigenvalue weighted by molar-refractivity contribution is -0.140. The van der Waals surface area contributed by atoms with Crippen LogP contribution in [0.25, 0.3) is 0 Å². The second-order valence-corrected chi connectivity index (χ2v) is 8.22. The van der Waals surface area contributed by atoms with Gasteiger partial charge in [0.15, 0.2) is 0 Å². The van der Waals surface area contributed by atoms with E-state index in [4.69, 9.17) is 0 Å². The molecule has 0 bridgehead atoms. The van der Waals surface area contributed by atoms with Crippen LogP contribution in [0.4, 0.5) is 0 Å². The van der Waals surface area contributed by atoms with E-state index in [0.717, 1.165) is 4.31 Å². The minimum absolute atomic E-state index is 0.00735. The van der Waals surface area contributed by atoms with Gasteiger partial charge in [-0.2, -0.15) is 0 Å². The van der Waals surface area contributed by atoms with Crippen LogP contribution in [0, 0.1) is 0 Å². The summed E-state index contributed by atoms with van der Waals surface area (Å²) in [4.78, 5) is 10.8. The van der Waals surface area contributed by atoms with E-state index in [9.17, 15) is 21.6 Å². The Morgan fingerprint density at radius 1 is 1.16 bits per heavy atom. The molecule has 0 spiro atoms. The molecule has 0 aliphatic rings. The maximum atomic E-state index is 11.5. The Morgan fingerprint density at radius 3 is 2.21 bits per heavy atom. The molecule has 8 nitrogen and oxygen atoms in total. The number of nitrogens with one attached hydrogen (secondary N) is 1. The fraction of sp³-hybridized carbons (Fsp3) is 0.889. The number of ether oxygens (including phenoxy) is 1. The average molecular weight is 316 g/mol. The van der Waals surface area contributed by atoms with Gasteiger partial charge in [-0.15, -0.1) is 0 Å². The van der Waals surface area contributed by atoms with Gasteiger partial charge in [0.2, 0.25) is 20.0 Å². The van der Waals surface area contributed by atoms with Gasteiger partial charge in [0, 0.05) is 27.1 Å². The first-order valence-corrected chi connectivity index (χ1v) is 8.81. The van der Waals surface area contributed by atoms with Gasteiger partial charge < -0.3 is 4.74 Å². The topological polar surface area (TPSA) is 110 Å². The third kappa shape index (κ3) is 8.14. The molecule has 0 aliphatic carbocycles. The molecule has 0 aromatic heterocycles. The Hall–Kier alpha value is -0.710. The molecule has 0 heterocycles. The Labute approximate surface area is 114 Å². The molecule has 0 saturated heterocycles. The zero-order valence-corrected chi connectivity index (χ0v) is 12.9. The standard InChI is InChI=1S/C9H20N2O6S2/c1-11(2)19(15,16)8-6-10-18(13,14)7-4-5-9(12)17-3/h10H,4-8H2,1-3H3. The Morgan fingerprint density at radius 2 is 1.74 bits per heavy atom. The first kappa shape index (κ1) is 18.3. The number of carbonyl (C=O) groups is 1. The first-order valence-electron chi connectivity index (χ1n) is 5.55. The Bertz CT molecular complexity index is 483. The van der Waals surface area contributed by atoms with Crippen LogP contribution in [0.3, 0.4) is 0 Å². The van der Waals surface area contributed by atoms with Crippen LogP contribution in [-0.4, -0.2) is 66.4 Å². The van der Waals surface area contributed by atoms with Gasteiger partial charge in [-0.1, -0.05) is 0 Å². The molecular formula is C9H20N2O6S2. The molecule has 0 unspecified atom stereocenters. The molecule has 0 amide bonds. The van der Waals surface area contributed by atoms with Crippen molar-refractivity contribution in [1.82, 2.24) is 9.03 Å². The number of sulfonamides is 2. The van der Waals surface area contributed by atoms with Crippen LogP contribution in [0.2, 0.25) is 0 Å². The third-order valence-electron chi connectivity index (χ3n) is 2.26. The molecule has 19 heavy (non-hydrogen) atoms. The normalized spacial score (nSPS) is 12.6. The molecule has 0 rings (SSSR count). The highest BCUT2D eigenvalue weighted by Gasteiger charge is 2.16. The zero-order valence-electron chi connectivity index (χ0n) is 11.2. The van der Waals surface area contributed by atoms with Crippen LogP contribution in [0.1, 0.15) is 12.8 Å². The molecular weight excluding hydrogens is 296 g/mol. The van der Waals surface area contributed by atoms with Crippen molar-refractivity contribution in [1.29, 1.82) is 0 Å². The van der Waals surface area contributed by atoms with E-state index >= 15 is 0 Å². The predicted octanol–water partition coefficient (Wildman–Crippen LogP) is -1.25. The number of esters is 1. The van der Waals surface area contributed by atoms with E-state index in [-0.39, 0.29) is 30.9 Å². The SMILES string of the molecule is COC(=O)CCCS(=O)(=O)NCCS(=O)(=O)N(C)C. The maximum Gasteiger partial charge on any atom is 0.305 e. The minimum Gasteiger partial charge on any atom is -0.469 e. The van der Waals surface area contributed by atoms with Crippen LogP contribution >= 0.6 is 0 Å². The van der Waals surface area contributed by atoms with E-state index in [0.29, 0.717) is 0 Å². The van der Waals surface area contributed by atoms with Crippen molar-refractivity contribution in [3.8, 4) is 0 Å². The maximum absolute atomic E-state index is 11.5. The molecule has 0 atom stereocenters. The van der Waals surface area contributed by atoms with Crippen LogP contribution in [0.15, 0.2) is 0 Å². The van der Waals surface area contributed by atoms with Crippen molar-refractivity contribution >= 4 is 26.0 Å². The molecule has 0 fully saturated rings. The van der Waals surface area contributed by atoms with Crippen molar-refractivity contribution in [2.24, 2.45) is 0 Å². The van der Waals surface area contributed by atoms with Gasteiger partial charge in [-0.05, 0) is 6.42 Å². The minimum atomic E-state index is -3.57. The molecule has 0 aliphatic heterocycles. The molecule has 1 N–H and O–H groups in total. The van der Waals surface area contributed by atoms with Crippen molar-refractivity contribution < 1.29 is 26.4 Å². The predicted molar refractivity (Wildman–Crippen MR) is 70.5 cm³/mol. The monoisotopic (exact) mass is 316 g/mol. The number of methoxy groups -OCH3 is 1. The number of rotatable bonds is 9. The van der Waals surface area contributed by atoms with Gasteiger partial charge in [0.1, 0.15) is 0 Å². The quantitative estimate of drug-likeness (QED) is 0.532. The van der Waals surface area contributed by atoms with Crippen molar-refractivity contribution in [3.05, 3.63) is 0 Å². The molecule has 114 valence electrons. The fourth-order valence-electron chi connectivity index (χ4n) is 1.09. The Kier molecular flexibility index (Phi) is 7.49. The second-order valence-electron chi connectivity index (χ2n) is 3.99. The Balaban J connectivity index is 4.09. The van der Waals surface area contributed by atoms with Crippen molar-refractivity contribution in [2.75, 3.05) is 39.3 Å². The number of hydrogen-bond acceptors (Lipinski definition) is 6. The van der Waals surface area contributed by atoms with Gasteiger partial charge in [0.25, 0.3) is 0 Å². The van der Waals surface area contributed by atoms with E-state index < -0.39 is 26.0 Å². The summed E-state index contributed by atoms with van der Waals surface area (Å²) in [7, 11) is -3.03. The summed E-state index contributed by atoms with van der Waals surface area (Å²) in [6.07, 6.45) is 0.135. The van der Waals surface area contributed by atoms with Gasteiger partial charge in [-0.3, -0.25) is 4.79 Å². The van der Waals surface area contributed by atoms with E-state index in [1.165, 1.54) is 21.2 Å². The van der Waals surface area contributed by atoms with E-state index in [2.05, 4.69) is 9.46 Å². The summed E-state index contributed by atoms with van der Waals surface area (Å²) in [5.74, 6) is -1.04. The lowest BCUT2D eigenvalue weighted by Gasteiger charge is -2.11. The van der Waals surface area contributed by atoms with Crippen LogP contribution in [-0.2, 0) is 29.6 Å². The van der Waals surface area contributed by atoms with Gasteiger partial charge in [0.05, 0.1) is 18.6 Å². The molecule has 0 aromatic rings. The number of carbonyl (C=O) groups excluding carboxylic acids is 1. The lowest BCUT2D eigenvalue weighted by Crippen LogP contribution is -2.35. The highest BCUT2D eigenvalue weighted by molar-refractivity contribution is 7.90. The summed E-state index contributed by atoms with van der Waals surface area (Å²) in [6.45, 7) is -0.193. The largest absolute Gasteiger partial charge is 0.469 e. The summed E-state index contributed by atoms with van der Waals surface area (Å²) < 4.78 is 53.3. The summed E-state index contributed by atoms with van der Waals surface area (Å²) in [5.41, 5.74) is 0. The molecule has 0 saturated carbocycles. The van der Waals surface area contributed by atoms with Crippen molar-refractivity contribution in [3.63, 3.8) is 0 Å². The van der Waals surface area contributed by atoms with E-state index in [1.54, 1.807) is 0 Å². The lowest BCUT2D eigenvalue weighted by atomic mass is 10.3. The fourth-order valence-corrected chi connectivity index (χ4v) is 3.03. The third-order valence-corrected chi connectivity index (χ3v) is 5.56. The average Bonchev–Trinajstić information content (AvgIpc) is 2.27. The van der Waals surface area contributed by atoms with Gasteiger partial charge in [-0.25, -0.2) is 25.9 Å². The highest BCUT2D eigenvalue weighted by atomic mass is 32.2. The van der Waals surface area contributed by atoms with Crippen molar-refractivity contribution in [2.45, 2.75) is 12.8 Å². The van der Waals surface area contributed by atoms with Crippen LogP contribution in [0.5, 0.6) is 0 Å². The second kappa shape index (κ2) is 7.78. The number of hydrogen-bond donors (Lipinski definition) is 1. The van der Waals surface area contributed by atoms with Gasteiger partial charge >= 0.3 is 5.97 Å². The summed E-state index contributed by atoms with van der Waals surface area (Å²) in [5, 5.41) is 0. The van der Waals surface area contributed by atoms with Crippen LogP contribution < -0.4 is 4.72 Å². The summed E-state index contributed by atoms with van der Waals surface area (Å²) >= 11 is 0. The number of nitrogens with zero attached hydrogens (tertiary/aromatic N) is 1. The molecule has 0 radical (unpaired) electrons. The zero-order chi connectivity index (χ0) is 15.1. The van der Waals surface area contributed by atoms with E-state index in [1.807, 2.05) is 0 Å². The first-order chi connectivity index (χ1) is 8.60.